The molecule has 1 N–H and O–H groups in total. The normalized spacial score (nSPS) is 10.5. The van der Waals surface area contributed by atoms with Gasteiger partial charge >= 0.3 is 0 Å². The van der Waals surface area contributed by atoms with Crippen LogP contribution in [0.15, 0.2) is 42.7 Å². The fraction of sp³-hybridized carbons (Fsp3) is 0.308. The standard InChI is InChI=1S/C13H16N2/c1-15-11-10-14-13(15)9-5-8-12-6-3-2-4-7-12/h2-4,6-7,10-11H,5,8-9H2,1H3/p+1. The van der Waals surface area contributed by atoms with Crippen molar-refractivity contribution in [3.8, 4) is 0 Å². The first kappa shape index (κ1) is 9.97. The number of aromatic nitrogens is 2. The van der Waals surface area contributed by atoms with E-state index in [2.05, 4.69) is 53.1 Å². The molecule has 1 aromatic heterocycles. The van der Waals surface area contributed by atoms with Gasteiger partial charge in [-0.2, -0.15) is 0 Å². The largest absolute Gasteiger partial charge is 0.253 e. The van der Waals surface area contributed by atoms with Crippen LogP contribution in [0.25, 0.3) is 0 Å². The van der Waals surface area contributed by atoms with Gasteiger partial charge in [0.15, 0.2) is 0 Å². The highest BCUT2D eigenvalue weighted by Crippen LogP contribution is 2.04. The molecular formula is C13H17N2+. The monoisotopic (exact) mass is 201 g/mol. The Kier molecular flexibility index (Phi) is 3.18. The Morgan fingerprint density at radius 1 is 1.13 bits per heavy atom. The molecule has 0 fully saturated rings. The number of nitrogens with zero attached hydrogens (tertiary/aromatic N) is 1. The number of nitrogens with one attached hydrogen (secondary N) is 1. The van der Waals surface area contributed by atoms with Crippen molar-refractivity contribution in [3.63, 3.8) is 0 Å². The van der Waals surface area contributed by atoms with Gasteiger partial charge in [-0.1, -0.05) is 30.3 Å². The van der Waals surface area contributed by atoms with Gasteiger partial charge < -0.3 is 0 Å². The molecule has 0 unspecified atom stereocenters. The lowest BCUT2D eigenvalue weighted by atomic mass is 10.1. The van der Waals surface area contributed by atoms with Gasteiger partial charge in [0, 0.05) is 6.42 Å². The molecule has 2 rings (SSSR count). The number of rotatable bonds is 4. The number of hydrogen-bond acceptors (Lipinski definition) is 0. The molecule has 15 heavy (non-hydrogen) atoms. The minimum absolute atomic E-state index is 1.11. The van der Waals surface area contributed by atoms with E-state index in [-0.39, 0.29) is 0 Å². The van der Waals surface area contributed by atoms with Gasteiger partial charge in [-0.3, -0.25) is 0 Å². The quantitative estimate of drug-likeness (QED) is 0.730. The van der Waals surface area contributed by atoms with Gasteiger partial charge in [-0.05, 0) is 18.4 Å². The van der Waals surface area contributed by atoms with E-state index in [0.717, 1.165) is 12.8 Å². The van der Waals surface area contributed by atoms with Crippen molar-refractivity contribution < 1.29 is 4.57 Å². The molecule has 0 aliphatic heterocycles. The van der Waals surface area contributed by atoms with Crippen molar-refractivity contribution in [1.29, 1.82) is 0 Å². The summed E-state index contributed by atoms with van der Waals surface area (Å²) >= 11 is 0. The van der Waals surface area contributed by atoms with E-state index in [1.165, 1.54) is 17.8 Å². The predicted molar refractivity (Wildman–Crippen MR) is 60.4 cm³/mol. The highest BCUT2D eigenvalue weighted by Gasteiger charge is 2.05. The maximum atomic E-state index is 3.25. The maximum absolute atomic E-state index is 3.25. The zero-order valence-corrected chi connectivity index (χ0v) is 9.11. The van der Waals surface area contributed by atoms with Crippen LogP contribution in [0.3, 0.4) is 0 Å². The van der Waals surface area contributed by atoms with E-state index in [0.29, 0.717) is 0 Å². The molecule has 2 nitrogen and oxygen atoms in total. The van der Waals surface area contributed by atoms with Gasteiger partial charge in [0.05, 0.1) is 7.05 Å². The van der Waals surface area contributed by atoms with Gasteiger partial charge in [0.25, 0.3) is 5.82 Å². The Morgan fingerprint density at radius 3 is 2.60 bits per heavy atom. The predicted octanol–water partition coefficient (Wildman–Crippen LogP) is 2.01. The lowest BCUT2D eigenvalue weighted by molar-refractivity contribution is -0.677. The zero-order chi connectivity index (χ0) is 10.5. The van der Waals surface area contributed by atoms with Crippen LogP contribution in [0.4, 0.5) is 0 Å². The third-order valence-electron chi connectivity index (χ3n) is 2.70. The Labute approximate surface area is 90.6 Å². The summed E-state index contributed by atoms with van der Waals surface area (Å²) < 4.78 is 2.14. The second-order valence-corrected chi connectivity index (χ2v) is 3.86. The smallest absolute Gasteiger partial charge is 0.248 e. The van der Waals surface area contributed by atoms with Crippen LogP contribution in [-0.2, 0) is 19.9 Å². The average molecular weight is 201 g/mol. The Hall–Kier alpha value is -1.57. The first-order valence-electron chi connectivity index (χ1n) is 5.42. The Morgan fingerprint density at radius 2 is 1.93 bits per heavy atom. The number of benzene rings is 1. The Balaban J connectivity index is 1.83. The molecule has 78 valence electrons. The lowest BCUT2D eigenvalue weighted by Gasteiger charge is -1.98. The molecule has 0 saturated heterocycles. The number of aryl methyl sites for hydroxylation is 3. The van der Waals surface area contributed by atoms with Crippen molar-refractivity contribution in [2.45, 2.75) is 19.3 Å². The SMILES string of the molecule is C[n+]1cc[nH]c1CCCc1ccccc1. The molecule has 1 aromatic carbocycles. The first-order chi connectivity index (χ1) is 7.36. The summed E-state index contributed by atoms with van der Waals surface area (Å²) in [5, 5.41) is 0. The van der Waals surface area contributed by atoms with Gasteiger partial charge in [0.2, 0.25) is 0 Å². The summed E-state index contributed by atoms with van der Waals surface area (Å²) in [6, 6.07) is 10.6. The van der Waals surface area contributed by atoms with Crippen LogP contribution in [0.1, 0.15) is 17.8 Å². The van der Waals surface area contributed by atoms with Crippen LogP contribution in [-0.4, -0.2) is 4.98 Å². The van der Waals surface area contributed by atoms with Crippen LogP contribution < -0.4 is 4.57 Å². The first-order valence-corrected chi connectivity index (χ1v) is 5.42. The van der Waals surface area contributed by atoms with E-state index < -0.39 is 0 Å². The highest BCUT2D eigenvalue weighted by molar-refractivity contribution is 5.14. The second-order valence-electron chi connectivity index (χ2n) is 3.86. The van der Waals surface area contributed by atoms with Crippen LogP contribution >= 0.6 is 0 Å². The van der Waals surface area contributed by atoms with E-state index in [4.69, 9.17) is 0 Å². The number of aromatic amines is 1. The molecule has 0 bridgehead atoms. The molecule has 0 spiro atoms. The van der Waals surface area contributed by atoms with E-state index in [1.54, 1.807) is 0 Å². The van der Waals surface area contributed by atoms with Crippen LogP contribution in [0.5, 0.6) is 0 Å². The second kappa shape index (κ2) is 4.78. The molecule has 0 radical (unpaired) electrons. The average Bonchev–Trinajstić information content (AvgIpc) is 2.66. The van der Waals surface area contributed by atoms with Crippen molar-refractivity contribution in [3.05, 3.63) is 54.1 Å². The van der Waals surface area contributed by atoms with Crippen LogP contribution in [0.2, 0.25) is 0 Å². The molecule has 2 aromatic rings. The topological polar surface area (TPSA) is 19.7 Å². The third-order valence-corrected chi connectivity index (χ3v) is 2.70. The molecule has 0 amide bonds. The van der Waals surface area contributed by atoms with Crippen molar-refractivity contribution >= 4 is 0 Å². The molecular weight excluding hydrogens is 184 g/mol. The minimum Gasteiger partial charge on any atom is -0.248 e. The third kappa shape index (κ3) is 2.69. The molecule has 0 aliphatic rings. The molecule has 0 saturated carbocycles. The summed E-state index contributed by atoms with van der Waals surface area (Å²) in [5.74, 6) is 1.30. The fourth-order valence-electron chi connectivity index (χ4n) is 1.79. The van der Waals surface area contributed by atoms with Crippen molar-refractivity contribution in [2.24, 2.45) is 7.05 Å². The number of imidazole rings is 1. The van der Waals surface area contributed by atoms with Gasteiger partial charge in [-0.15, -0.1) is 0 Å². The van der Waals surface area contributed by atoms with E-state index >= 15 is 0 Å². The number of hydrogen-bond donors (Lipinski definition) is 1. The summed E-state index contributed by atoms with van der Waals surface area (Å²) in [5.41, 5.74) is 1.42. The zero-order valence-electron chi connectivity index (χ0n) is 9.11. The highest BCUT2D eigenvalue weighted by atomic mass is 15.0. The molecule has 1 heterocycles. The van der Waals surface area contributed by atoms with Crippen molar-refractivity contribution in [1.82, 2.24) is 4.98 Å². The molecule has 2 heteroatoms. The van der Waals surface area contributed by atoms with Crippen LogP contribution in [0, 0.1) is 0 Å². The summed E-state index contributed by atoms with van der Waals surface area (Å²) in [4.78, 5) is 3.25. The minimum atomic E-state index is 1.11. The Bertz CT molecular complexity index is 403. The number of H-pyrrole nitrogens is 1. The van der Waals surface area contributed by atoms with Gasteiger partial charge in [-0.25, -0.2) is 9.55 Å². The summed E-state index contributed by atoms with van der Waals surface area (Å²) in [6.45, 7) is 0. The summed E-state index contributed by atoms with van der Waals surface area (Å²) in [7, 11) is 2.08. The maximum Gasteiger partial charge on any atom is 0.253 e. The fourth-order valence-corrected chi connectivity index (χ4v) is 1.79. The summed E-state index contributed by atoms with van der Waals surface area (Å²) in [6.07, 6.45) is 7.49. The van der Waals surface area contributed by atoms with Gasteiger partial charge in [0.1, 0.15) is 12.4 Å². The molecule has 0 atom stereocenters. The van der Waals surface area contributed by atoms with Crippen molar-refractivity contribution in [2.75, 3.05) is 0 Å². The van der Waals surface area contributed by atoms with E-state index in [9.17, 15) is 0 Å². The molecule has 0 aliphatic carbocycles. The lowest BCUT2D eigenvalue weighted by Crippen LogP contribution is -2.30. The van der Waals surface area contributed by atoms with E-state index in [1.807, 2.05) is 6.20 Å².